The largest absolute Gasteiger partial charge is 0.371 e. The number of nitrogens with one attached hydrogen (secondary N) is 1. The molecule has 132 valence electrons. The highest BCUT2D eigenvalue weighted by Gasteiger charge is 2.23. The van der Waals surface area contributed by atoms with Crippen LogP contribution in [0.15, 0.2) is 48.5 Å². The fourth-order valence-corrected chi connectivity index (χ4v) is 3.22. The van der Waals surface area contributed by atoms with Gasteiger partial charge in [0.1, 0.15) is 5.82 Å². The Kier molecular flexibility index (Phi) is 5.66. The van der Waals surface area contributed by atoms with Crippen LogP contribution in [-0.4, -0.2) is 19.0 Å². The second kappa shape index (κ2) is 8.12. The van der Waals surface area contributed by atoms with E-state index in [1.165, 1.54) is 17.7 Å². The summed E-state index contributed by atoms with van der Waals surface area (Å²) in [5, 5.41) is 3.36. The van der Waals surface area contributed by atoms with Crippen molar-refractivity contribution in [1.82, 2.24) is 5.32 Å². The van der Waals surface area contributed by atoms with Gasteiger partial charge in [-0.05, 0) is 48.2 Å². The van der Waals surface area contributed by atoms with Gasteiger partial charge in [-0.25, -0.2) is 4.39 Å². The van der Waals surface area contributed by atoms with Gasteiger partial charge in [0, 0.05) is 31.9 Å². The number of hydrogen-bond donors (Lipinski definition) is 2. The summed E-state index contributed by atoms with van der Waals surface area (Å²) in [6, 6.07) is 14.9. The lowest BCUT2D eigenvalue weighted by Crippen LogP contribution is -2.41. The van der Waals surface area contributed by atoms with E-state index in [1.807, 2.05) is 0 Å². The van der Waals surface area contributed by atoms with Gasteiger partial charge in [-0.2, -0.15) is 0 Å². The maximum Gasteiger partial charge on any atom is 0.222 e. The van der Waals surface area contributed by atoms with Crippen molar-refractivity contribution in [2.24, 2.45) is 11.7 Å². The first kappa shape index (κ1) is 17.4. The summed E-state index contributed by atoms with van der Waals surface area (Å²) in [4.78, 5) is 13.6. The van der Waals surface area contributed by atoms with E-state index in [-0.39, 0.29) is 17.6 Å². The molecule has 4 nitrogen and oxygen atoms in total. The summed E-state index contributed by atoms with van der Waals surface area (Å²) in [5.74, 6) is -0.465. The van der Waals surface area contributed by atoms with Crippen LogP contribution in [0.4, 0.5) is 10.1 Å². The number of amides is 1. The molecule has 1 saturated heterocycles. The number of nitrogens with zero attached hydrogens (tertiary/aromatic N) is 1. The number of benzene rings is 2. The normalized spacial score (nSPS) is 17.5. The van der Waals surface area contributed by atoms with Gasteiger partial charge in [0.25, 0.3) is 0 Å². The highest BCUT2D eigenvalue weighted by atomic mass is 19.1. The Morgan fingerprint density at radius 1 is 1.08 bits per heavy atom. The molecule has 0 saturated carbocycles. The van der Waals surface area contributed by atoms with Crippen molar-refractivity contribution in [1.29, 1.82) is 0 Å². The average molecular weight is 341 g/mol. The molecule has 25 heavy (non-hydrogen) atoms. The number of halogens is 1. The summed E-state index contributed by atoms with van der Waals surface area (Å²) in [5.41, 5.74) is 8.83. The van der Waals surface area contributed by atoms with Crippen molar-refractivity contribution in [2.75, 3.05) is 18.0 Å². The van der Waals surface area contributed by atoms with Gasteiger partial charge in [0.15, 0.2) is 0 Å². The summed E-state index contributed by atoms with van der Waals surface area (Å²) < 4.78 is 12.9. The monoisotopic (exact) mass is 341 g/mol. The molecule has 1 unspecified atom stereocenters. The van der Waals surface area contributed by atoms with E-state index in [9.17, 15) is 9.18 Å². The number of rotatable bonds is 6. The molecule has 1 amide bonds. The molecule has 3 rings (SSSR count). The second-order valence-corrected chi connectivity index (χ2v) is 6.58. The van der Waals surface area contributed by atoms with E-state index in [0.29, 0.717) is 13.1 Å². The van der Waals surface area contributed by atoms with Crippen LogP contribution < -0.4 is 16.0 Å². The van der Waals surface area contributed by atoms with Gasteiger partial charge < -0.3 is 16.0 Å². The van der Waals surface area contributed by atoms with Crippen molar-refractivity contribution >= 4 is 11.6 Å². The number of nitrogens with two attached hydrogens (primary N) is 1. The maximum atomic E-state index is 12.9. The molecule has 1 heterocycles. The summed E-state index contributed by atoms with van der Waals surface area (Å²) in [6.45, 7) is 3.12. The molecule has 0 aromatic heterocycles. The van der Waals surface area contributed by atoms with Gasteiger partial charge >= 0.3 is 0 Å². The number of carbonyl (C=O) groups is 1. The molecule has 1 aliphatic rings. The summed E-state index contributed by atoms with van der Waals surface area (Å²) >= 11 is 0. The molecular formula is C20H24FN3O. The minimum atomic E-state index is -0.212. The summed E-state index contributed by atoms with van der Waals surface area (Å²) in [7, 11) is 0. The number of piperidine rings is 1. The van der Waals surface area contributed by atoms with Gasteiger partial charge in [-0.15, -0.1) is 0 Å². The molecular weight excluding hydrogens is 317 g/mol. The lowest BCUT2D eigenvalue weighted by atomic mass is 9.97. The first-order valence-corrected chi connectivity index (χ1v) is 8.70. The van der Waals surface area contributed by atoms with Crippen LogP contribution in [0.1, 0.15) is 24.0 Å². The zero-order valence-corrected chi connectivity index (χ0v) is 14.2. The Morgan fingerprint density at radius 3 is 2.28 bits per heavy atom. The van der Waals surface area contributed by atoms with E-state index in [1.54, 1.807) is 12.1 Å². The molecule has 0 radical (unpaired) electrons. The third-order valence-corrected chi connectivity index (χ3v) is 4.70. The van der Waals surface area contributed by atoms with Gasteiger partial charge in [-0.1, -0.05) is 24.3 Å². The van der Waals surface area contributed by atoms with Crippen LogP contribution in [0, 0.1) is 11.7 Å². The second-order valence-electron chi connectivity index (χ2n) is 6.58. The standard InChI is InChI=1S/C20H24FN3O/c21-18-7-3-15(4-8-18)12-23-13-16-5-9-19(10-6-16)24-11-1-2-17(14-24)20(22)25/h3-10,17,23H,1-2,11-14H2,(H2,22,25). The Hall–Kier alpha value is -2.40. The quantitative estimate of drug-likeness (QED) is 0.849. The maximum absolute atomic E-state index is 12.9. The van der Waals surface area contributed by atoms with Crippen LogP contribution in [-0.2, 0) is 17.9 Å². The smallest absolute Gasteiger partial charge is 0.222 e. The molecule has 0 bridgehead atoms. The van der Waals surface area contributed by atoms with Crippen molar-refractivity contribution in [2.45, 2.75) is 25.9 Å². The molecule has 1 atom stereocenters. The van der Waals surface area contributed by atoms with Crippen LogP contribution in [0.25, 0.3) is 0 Å². The highest BCUT2D eigenvalue weighted by molar-refractivity contribution is 5.77. The highest BCUT2D eigenvalue weighted by Crippen LogP contribution is 2.23. The third-order valence-electron chi connectivity index (χ3n) is 4.70. The lowest BCUT2D eigenvalue weighted by molar-refractivity contribution is -0.122. The topological polar surface area (TPSA) is 58.4 Å². The predicted molar refractivity (Wildman–Crippen MR) is 97.5 cm³/mol. The number of anilines is 1. The van der Waals surface area contributed by atoms with Crippen LogP contribution in [0.3, 0.4) is 0 Å². The minimum absolute atomic E-state index is 0.0502. The van der Waals surface area contributed by atoms with Crippen molar-refractivity contribution < 1.29 is 9.18 Å². The van der Waals surface area contributed by atoms with E-state index in [4.69, 9.17) is 5.73 Å². The molecule has 2 aromatic rings. The van der Waals surface area contributed by atoms with E-state index < -0.39 is 0 Å². The lowest BCUT2D eigenvalue weighted by Gasteiger charge is -2.33. The molecule has 0 spiro atoms. The van der Waals surface area contributed by atoms with E-state index in [0.717, 1.165) is 37.2 Å². The number of hydrogen-bond acceptors (Lipinski definition) is 3. The number of primary amides is 1. The first-order chi connectivity index (χ1) is 12.1. The number of carbonyl (C=O) groups excluding carboxylic acids is 1. The Morgan fingerprint density at radius 2 is 1.68 bits per heavy atom. The van der Waals surface area contributed by atoms with Gasteiger partial charge in [0.05, 0.1) is 5.92 Å². The average Bonchev–Trinajstić information content (AvgIpc) is 2.64. The van der Waals surface area contributed by atoms with Crippen LogP contribution >= 0.6 is 0 Å². The van der Waals surface area contributed by atoms with Gasteiger partial charge in [-0.3, -0.25) is 4.79 Å². The van der Waals surface area contributed by atoms with E-state index >= 15 is 0 Å². The molecule has 0 aliphatic carbocycles. The van der Waals surface area contributed by atoms with Crippen molar-refractivity contribution in [3.05, 3.63) is 65.5 Å². The van der Waals surface area contributed by atoms with Crippen LogP contribution in [0.2, 0.25) is 0 Å². The fraction of sp³-hybridized carbons (Fsp3) is 0.350. The minimum Gasteiger partial charge on any atom is -0.371 e. The van der Waals surface area contributed by atoms with E-state index in [2.05, 4.69) is 34.5 Å². The Bertz CT molecular complexity index is 700. The molecule has 3 N–H and O–H groups in total. The third kappa shape index (κ3) is 4.79. The SMILES string of the molecule is NC(=O)C1CCCN(c2ccc(CNCc3ccc(F)cc3)cc2)C1. The first-order valence-electron chi connectivity index (χ1n) is 8.70. The Balaban J connectivity index is 1.51. The van der Waals surface area contributed by atoms with Crippen LogP contribution in [0.5, 0.6) is 0 Å². The fourth-order valence-electron chi connectivity index (χ4n) is 3.22. The molecule has 5 heteroatoms. The Labute approximate surface area is 147 Å². The van der Waals surface area contributed by atoms with Crippen molar-refractivity contribution in [3.63, 3.8) is 0 Å². The molecule has 1 fully saturated rings. The molecule has 2 aromatic carbocycles. The van der Waals surface area contributed by atoms with Crippen molar-refractivity contribution in [3.8, 4) is 0 Å². The predicted octanol–water partition coefficient (Wildman–Crippen LogP) is 2.82. The van der Waals surface area contributed by atoms with Gasteiger partial charge in [0.2, 0.25) is 5.91 Å². The zero-order chi connectivity index (χ0) is 17.6. The zero-order valence-electron chi connectivity index (χ0n) is 14.2. The molecule has 1 aliphatic heterocycles. The summed E-state index contributed by atoms with van der Waals surface area (Å²) in [6.07, 6.45) is 1.88.